The molecule has 0 aliphatic carbocycles. The highest BCUT2D eigenvalue weighted by Crippen LogP contribution is 2.26. The number of carbonyl (C=O) groups is 1. The van der Waals surface area contributed by atoms with E-state index >= 15 is 0 Å². The number of nitrogens with zero attached hydrogens (tertiary/aromatic N) is 3. The van der Waals surface area contributed by atoms with Gasteiger partial charge in [-0.15, -0.1) is 5.10 Å². The molecule has 9 heteroatoms. The van der Waals surface area contributed by atoms with Crippen LogP contribution in [-0.4, -0.2) is 29.2 Å². The molecule has 4 N–H and O–H groups in total. The van der Waals surface area contributed by atoms with Crippen LogP contribution in [0.2, 0.25) is 0 Å². The molecule has 1 aromatic carbocycles. The molecule has 23 heavy (non-hydrogen) atoms. The van der Waals surface area contributed by atoms with Gasteiger partial charge in [0, 0.05) is 13.0 Å². The van der Waals surface area contributed by atoms with Crippen molar-refractivity contribution in [1.82, 2.24) is 14.8 Å². The van der Waals surface area contributed by atoms with Gasteiger partial charge in [0.25, 0.3) is 5.16 Å². The maximum absolute atomic E-state index is 13.0. The zero-order chi connectivity index (χ0) is 17.2. The van der Waals surface area contributed by atoms with E-state index in [1.54, 1.807) is 25.1 Å². The Labute approximate surface area is 134 Å². The van der Waals surface area contributed by atoms with Gasteiger partial charge in [-0.25, -0.2) is 18.2 Å². The molecule has 0 bridgehead atoms. The van der Waals surface area contributed by atoms with Crippen molar-refractivity contribution >= 4 is 15.9 Å². The third-order valence-electron chi connectivity index (χ3n) is 3.47. The molecule has 2 rings (SSSR count). The summed E-state index contributed by atoms with van der Waals surface area (Å²) < 4.78 is 26.7. The molecule has 0 aliphatic heterocycles. The first-order chi connectivity index (χ1) is 10.9. The van der Waals surface area contributed by atoms with Crippen molar-refractivity contribution in [2.24, 2.45) is 11.5 Å². The molecule has 1 aromatic heterocycles. The Kier molecular flexibility index (Phi) is 4.81. The van der Waals surface area contributed by atoms with E-state index in [2.05, 4.69) is 10.1 Å². The minimum Gasteiger partial charge on any atom is -0.350 e. The zero-order valence-corrected chi connectivity index (χ0v) is 13.8. The Morgan fingerprint density at radius 1 is 1.22 bits per heavy atom. The molecular formula is C14H19N5O3S. The van der Waals surface area contributed by atoms with Crippen LogP contribution in [-0.2, 0) is 29.2 Å². The average Bonchev–Trinajstić information content (AvgIpc) is 2.99. The molecule has 1 amide bonds. The van der Waals surface area contributed by atoms with Gasteiger partial charge >= 0.3 is 6.03 Å². The average molecular weight is 337 g/mol. The summed E-state index contributed by atoms with van der Waals surface area (Å²) in [5, 5.41) is 3.34. The highest BCUT2D eigenvalue weighted by Gasteiger charge is 2.29. The van der Waals surface area contributed by atoms with Gasteiger partial charge in [0.15, 0.2) is 0 Å². The number of nitrogens with two attached hydrogens (primary N) is 2. The fourth-order valence-electron chi connectivity index (χ4n) is 2.36. The largest absolute Gasteiger partial charge is 0.350 e. The van der Waals surface area contributed by atoms with Crippen molar-refractivity contribution in [3.8, 4) is 0 Å². The van der Waals surface area contributed by atoms with E-state index in [9.17, 15) is 13.2 Å². The van der Waals surface area contributed by atoms with E-state index < -0.39 is 21.0 Å². The molecule has 0 radical (unpaired) electrons. The number of aromatic nitrogens is 3. The quantitative estimate of drug-likeness (QED) is 0.821. The first-order valence-corrected chi connectivity index (χ1v) is 8.66. The Balaban J connectivity index is 2.71. The summed E-state index contributed by atoms with van der Waals surface area (Å²) in [5.41, 5.74) is 12.0. The zero-order valence-electron chi connectivity index (χ0n) is 13.0. The smallest absolute Gasteiger partial charge is 0.341 e. The number of hydrogen-bond donors (Lipinski definition) is 2. The van der Waals surface area contributed by atoms with Crippen LogP contribution in [0.25, 0.3) is 0 Å². The van der Waals surface area contributed by atoms with Gasteiger partial charge in [-0.1, -0.05) is 32.0 Å². The minimum absolute atomic E-state index is 0.0690. The number of hydrogen-bond acceptors (Lipinski definition) is 6. The topological polar surface area (TPSA) is 134 Å². The standard InChI is InChI=1S/C14H19N5O3S/c1-3-9-6-5-7-10(8-15)12(9)23(21,22)14-17-11(4-2)19(18-14)13(16)20/h5-7H,3-4,8,15H2,1-2H3,(H2,16,20). The molecule has 0 fully saturated rings. The van der Waals surface area contributed by atoms with Gasteiger partial charge in [0.1, 0.15) is 5.82 Å². The molecule has 8 nitrogen and oxygen atoms in total. The third-order valence-corrected chi connectivity index (χ3v) is 5.18. The van der Waals surface area contributed by atoms with Crippen molar-refractivity contribution < 1.29 is 13.2 Å². The van der Waals surface area contributed by atoms with E-state index in [1.807, 2.05) is 6.92 Å². The fourth-order valence-corrected chi connectivity index (χ4v) is 4.01. The first-order valence-electron chi connectivity index (χ1n) is 7.18. The van der Waals surface area contributed by atoms with Gasteiger partial charge in [0.2, 0.25) is 9.84 Å². The third kappa shape index (κ3) is 2.97. The normalized spacial score (nSPS) is 11.6. The monoisotopic (exact) mass is 337 g/mol. The highest BCUT2D eigenvalue weighted by atomic mass is 32.2. The van der Waals surface area contributed by atoms with Gasteiger partial charge < -0.3 is 11.5 Å². The van der Waals surface area contributed by atoms with Gasteiger partial charge in [0.05, 0.1) is 4.90 Å². The number of amides is 1. The second-order valence-electron chi connectivity index (χ2n) is 4.88. The van der Waals surface area contributed by atoms with Crippen LogP contribution in [0.15, 0.2) is 28.3 Å². The molecule has 0 unspecified atom stereocenters. The van der Waals surface area contributed by atoms with E-state index in [4.69, 9.17) is 11.5 Å². The molecule has 0 aliphatic rings. The van der Waals surface area contributed by atoms with Gasteiger partial charge in [-0.2, -0.15) is 4.68 Å². The second kappa shape index (κ2) is 6.47. The summed E-state index contributed by atoms with van der Waals surface area (Å²) in [5.74, 6) is 0.194. The Hall–Kier alpha value is -2.26. The lowest BCUT2D eigenvalue weighted by Gasteiger charge is -2.11. The fraction of sp³-hybridized carbons (Fsp3) is 0.357. The van der Waals surface area contributed by atoms with E-state index in [0.29, 0.717) is 24.0 Å². The molecule has 0 saturated heterocycles. The minimum atomic E-state index is -4.00. The number of carbonyl (C=O) groups excluding carboxylic acids is 1. The van der Waals surface area contributed by atoms with Gasteiger partial charge in [-0.3, -0.25) is 0 Å². The van der Waals surface area contributed by atoms with Crippen molar-refractivity contribution in [2.45, 2.75) is 43.3 Å². The van der Waals surface area contributed by atoms with Crippen molar-refractivity contribution in [3.05, 3.63) is 35.2 Å². The number of aryl methyl sites for hydroxylation is 2. The predicted molar refractivity (Wildman–Crippen MR) is 83.5 cm³/mol. The van der Waals surface area contributed by atoms with Crippen molar-refractivity contribution in [1.29, 1.82) is 0 Å². The number of sulfone groups is 1. The summed E-state index contributed by atoms with van der Waals surface area (Å²) >= 11 is 0. The molecular weight excluding hydrogens is 318 g/mol. The van der Waals surface area contributed by atoms with Crippen LogP contribution >= 0.6 is 0 Å². The van der Waals surface area contributed by atoms with Crippen LogP contribution in [0.4, 0.5) is 4.79 Å². The lowest BCUT2D eigenvalue weighted by Crippen LogP contribution is -2.23. The number of rotatable bonds is 5. The van der Waals surface area contributed by atoms with Crippen molar-refractivity contribution in [3.63, 3.8) is 0 Å². The van der Waals surface area contributed by atoms with Gasteiger partial charge in [-0.05, 0) is 17.5 Å². The van der Waals surface area contributed by atoms with Crippen LogP contribution in [0.1, 0.15) is 30.8 Å². The second-order valence-corrected chi connectivity index (χ2v) is 6.66. The maximum atomic E-state index is 13.0. The highest BCUT2D eigenvalue weighted by molar-refractivity contribution is 7.91. The molecule has 2 aromatic rings. The summed E-state index contributed by atoms with van der Waals surface area (Å²) in [6.45, 7) is 3.65. The number of primary amides is 1. The van der Waals surface area contributed by atoms with Crippen LogP contribution in [0.5, 0.6) is 0 Å². The van der Waals surface area contributed by atoms with Crippen LogP contribution in [0.3, 0.4) is 0 Å². The van der Waals surface area contributed by atoms with E-state index in [-0.39, 0.29) is 17.3 Å². The Morgan fingerprint density at radius 2 is 1.87 bits per heavy atom. The SMILES string of the molecule is CCc1cccc(CN)c1S(=O)(=O)c1nc(CC)n(C(N)=O)n1. The predicted octanol–water partition coefficient (Wildman–Crippen LogP) is 0.621. The molecule has 0 atom stereocenters. The molecule has 1 heterocycles. The summed E-state index contributed by atoms with van der Waals surface area (Å²) in [6.07, 6.45) is 0.837. The molecule has 0 saturated carbocycles. The summed E-state index contributed by atoms with van der Waals surface area (Å²) in [4.78, 5) is 15.4. The van der Waals surface area contributed by atoms with Crippen LogP contribution in [0, 0.1) is 0 Å². The molecule has 124 valence electrons. The summed E-state index contributed by atoms with van der Waals surface area (Å²) in [7, 11) is -4.00. The van der Waals surface area contributed by atoms with Crippen LogP contribution < -0.4 is 11.5 Å². The van der Waals surface area contributed by atoms with E-state index in [1.165, 1.54) is 0 Å². The first kappa shape index (κ1) is 17.1. The summed E-state index contributed by atoms with van der Waals surface area (Å²) in [6, 6.07) is 4.25. The Bertz CT molecular complexity index is 820. The maximum Gasteiger partial charge on any atom is 0.341 e. The lowest BCUT2D eigenvalue weighted by molar-refractivity contribution is 0.246. The lowest BCUT2D eigenvalue weighted by atomic mass is 10.1. The number of benzene rings is 1. The van der Waals surface area contributed by atoms with E-state index in [0.717, 1.165) is 4.68 Å². The molecule has 0 spiro atoms. The Morgan fingerprint density at radius 3 is 2.35 bits per heavy atom. The van der Waals surface area contributed by atoms with Crippen molar-refractivity contribution in [2.75, 3.05) is 0 Å².